The molecule has 2 amide bonds. The smallest absolute Gasteiger partial charge is 0.315 e. The minimum absolute atomic E-state index is 0.167. The molecule has 1 aromatic heterocycles. The van der Waals surface area contributed by atoms with Crippen molar-refractivity contribution in [2.45, 2.75) is 39.3 Å². The van der Waals surface area contributed by atoms with Gasteiger partial charge in [-0.1, -0.05) is 42.4 Å². The number of hydrogen-bond acceptors (Lipinski definition) is 4. The summed E-state index contributed by atoms with van der Waals surface area (Å²) < 4.78 is 5.17. The highest BCUT2D eigenvalue weighted by molar-refractivity contribution is 5.75. The molecule has 1 aromatic carbocycles. The van der Waals surface area contributed by atoms with Gasteiger partial charge in [-0.2, -0.15) is 0 Å². The molecule has 2 rings (SSSR count). The monoisotopic (exact) mass is 317 g/mol. The Hall–Kier alpha value is -2.34. The predicted molar refractivity (Wildman–Crippen MR) is 86.9 cm³/mol. The van der Waals surface area contributed by atoms with E-state index in [4.69, 9.17) is 4.52 Å². The molecule has 0 saturated carbocycles. The van der Waals surface area contributed by atoms with Gasteiger partial charge in [0.2, 0.25) is 0 Å². The molecule has 0 aliphatic rings. The first-order valence-electron chi connectivity index (χ1n) is 7.72. The molecule has 2 unspecified atom stereocenters. The molecule has 1 heterocycles. The first-order valence-corrected chi connectivity index (χ1v) is 7.72. The lowest BCUT2D eigenvalue weighted by Gasteiger charge is -2.21. The van der Waals surface area contributed by atoms with Crippen molar-refractivity contribution in [1.29, 1.82) is 0 Å². The van der Waals surface area contributed by atoms with E-state index >= 15 is 0 Å². The van der Waals surface area contributed by atoms with Gasteiger partial charge in [-0.25, -0.2) is 4.79 Å². The molecule has 6 nitrogen and oxygen atoms in total. The van der Waals surface area contributed by atoms with E-state index in [1.807, 2.05) is 51.1 Å². The van der Waals surface area contributed by atoms with Gasteiger partial charge in [-0.15, -0.1) is 0 Å². The van der Waals surface area contributed by atoms with Gasteiger partial charge in [0.05, 0.1) is 24.4 Å². The van der Waals surface area contributed by atoms with Crippen LogP contribution in [0.2, 0.25) is 0 Å². The van der Waals surface area contributed by atoms with E-state index < -0.39 is 6.04 Å². The number of carbonyl (C=O) groups is 1. The lowest BCUT2D eigenvalue weighted by atomic mass is 10.0. The highest BCUT2D eigenvalue weighted by Crippen LogP contribution is 2.24. The van der Waals surface area contributed by atoms with Crippen LogP contribution in [0.1, 0.15) is 48.0 Å². The summed E-state index contributed by atoms with van der Waals surface area (Å²) >= 11 is 0. The average molecular weight is 317 g/mol. The zero-order valence-corrected chi connectivity index (χ0v) is 13.7. The summed E-state index contributed by atoms with van der Waals surface area (Å²) in [4.78, 5) is 12.3. The second kappa shape index (κ2) is 7.78. The van der Waals surface area contributed by atoms with Gasteiger partial charge in [-0.05, 0) is 25.8 Å². The van der Waals surface area contributed by atoms with Gasteiger partial charge in [0.1, 0.15) is 5.76 Å². The van der Waals surface area contributed by atoms with E-state index in [9.17, 15) is 9.90 Å². The van der Waals surface area contributed by atoms with Crippen LogP contribution in [0.5, 0.6) is 0 Å². The lowest BCUT2D eigenvalue weighted by Crippen LogP contribution is -2.41. The van der Waals surface area contributed by atoms with Crippen molar-refractivity contribution in [1.82, 2.24) is 15.8 Å². The number of aliphatic hydroxyl groups excluding tert-OH is 1. The SMILES string of the molecule is CCC(NC(=O)NC(CO)c1ccccc1)c1c(C)noc1C. The van der Waals surface area contributed by atoms with E-state index in [-0.39, 0.29) is 18.7 Å². The molecule has 0 aliphatic heterocycles. The summed E-state index contributed by atoms with van der Waals surface area (Å²) in [6.07, 6.45) is 0.714. The van der Waals surface area contributed by atoms with E-state index in [1.54, 1.807) is 0 Å². The number of hydrogen-bond donors (Lipinski definition) is 3. The van der Waals surface area contributed by atoms with E-state index in [0.29, 0.717) is 12.2 Å². The van der Waals surface area contributed by atoms with Crippen LogP contribution in [0.15, 0.2) is 34.9 Å². The topological polar surface area (TPSA) is 87.4 Å². The van der Waals surface area contributed by atoms with Crippen LogP contribution >= 0.6 is 0 Å². The summed E-state index contributed by atoms with van der Waals surface area (Å²) in [6.45, 7) is 5.50. The number of nitrogens with one attached hydrogen (secondary N) is 2. The number of rotatable bonds is 6. The molecule has 6 heteroatoms. The van der Waals surface area contributed by atoms with Crippen LogP contribution in [0.4, 0.5) is 4.79 Å². The zero-order valence-electron chi connectivity index (χ0n) is 13.7. The van der Waals surface area contributed by atoms with Gasteiger partial charge in [-0.3, -0.25) is 0 Å². The number of amides is 2. The second-order valence-electron chi connectivity index (χ2n) is 5.46. The number of carbonyl (C=O) groups excluding carboxylic acids is 1. The van der Waals surface area contributed by atoms with Crippen molar-refractivity contribution in [3.05, 3.63) is 52.9 Å². The van der Waals surface area contributed by atoms with Crippen LogP contribution < -0.4 is 10.6 Å². The molecule has 0 fully saturated rings. The predicted octanol–water partition coefficient (Wildman–Crippen LogP) is 2.78. The number of nitrogens with zero attached hydrogens (tertiary/aromatic N) is 1. The number of urea groups is 1. The molecule has 0 aliphatic carbocycles. The fourth-order valence-electron chi connectivity index (χ4n) is 2.64. The molecule has 0 bridgehead atoms. The van der Waals surface area contributed by atoms with Gasteiger partial charge in [0.15, 0.2) is 0 Å². The van der Waals surface area contributed by atoms with Crippen LogP contribution in [0, 0.1) is 13.8 Å². The largest absolute Gasteiger partial charge is 0.394 e. The summed E-state index contributed by atoms with van der Waals surface area (Å²) in [5.74, 6) is 0.705. The fourth-order valence-corrected chi connectivity index (χ4v) is 2.64. The molecule has 2 atom stereocenters. The standard InChI is InChI=1S/C17H23N3O3/c1-4-14(16-11(2)20-23-12(16)3)18-17(22)19-15(10-21)13-8-6-5-7-9-13/h5-9,14-15,21H,4,10H2,1-3H3,(H2,18,19,22). The second-order valence-corrected chi connectivity index (χ2v) is 5.46. The summed E-state index contributed by atoms with van der Waals surface area (Å²) in [5, 5.41) is 19.2. The molecule has 2 aromatic rings. The number of aryl methyl sites for hydroxylation is 2. The Balaban J connectivity index is 2.05. The average Bonchev–Trinajstić information content (AvgIpc) is 2.90. The first-order chi connectivity index (χ1) is 11.1. The third kappa shape index (κ3) is 4.10. The molecule has 124 valence electrons. The highest BCUT2D eigenvalue weighted by Gasteiger charge is 2.22. The lowest BCUT2D eigenvalue weighted by molar-refractivity contribution is 0.213. The van der Waals surface area contributed by atoms with Crippen molar-refractivity contribution in [2.24, 2.45) is 0 Å². The van der Waals surface area contributed by atoms with Crippen LogP contribution in [0.25, 0.3) is 0 Å². The summed E-state index contributed by atoms with van der Waals surface area (Å²) in [6, 6.07) is 8.41. The Morgan fingerprint density at radius 1 is 1.22 bits per heavy atom. The van der Waals surface area contributed by atoms with Crippen LogP contribution in [-0.2, 0) is 0 Å². The molecule has 0 radical (unpaired) electrons. The maximum absolute atomic E-state index is 12.3. The molecule has 0 spiro atoms. The van der Waals surface area contributed by atoms with Crippen molar-refractivity contribution in [2.75, 3.05) is 6.61 Å². The Labute approximate surface area is 135 Å². The van der Waals surface area contributed by atoms with Crippen molar-refractivity contribution in [3.63, 3.8) is 0 Å². The van der Waals surface area contributed by atoms with Crippen molar-refractivity contribution < 1.29 is 14.4 Å². The molecule has 23 heavy (non-hydrogen) atoms. The minimum Gasteiger partial charge on any atom is -0.394 e. The van der Waals surface area contributed by atoms with Crippen molar-refractivity contribution in [3.8, 4) is 0 Å². The fraction of sp³-hybridized carbons (Fsp3) is 0.412. The Morgan fingerprint density at radius 3 is 2.39 bits per heavy atom. The molecular formula is C17H23N3O3. The first kappa shape index (κ1) is 17.0. The third-order valence-corrected chi connectivity index (χ3v) is 3.84. The molecular weight excluding hydrogens is 294 g/mol. The Morgan fingerprint density at radius 2 is 1.87 bits per heavy atom. The number of aromatic nitrogens is 1. The molecule has 3 N–H and O–H groups in total. The Bertz CT molecular complexity index is 620. The van der Waals surface area contributed by atoms with Gasteiger partial charge >= 0.3 is 6.03 Å². The van der Waals surface area contributed by atoms with Gasteiger partial charge in [0, 0.05) is 5.56 Å². The van der Waals surface area contributed by atoms with Gasteiger partial charge in [0.25, 0.3) is 0 Å². The Kier molecular flexibility index (Phi) is 5.76. The number of aliphatic hydroxyl groups is 1. The van der Waals surface area contributed by atoms with E-state index in [0.717, 1.165) is 16.8 Å². The van der Waals surface area contributed by atoms with Gasteiger partial charge < -0.3 is 20.3 Å². The van der Waals surface area contributed by atoms with E-state index in [2.05, 4.69) is 15.8 Å². The highest BCUT2D eigenvalue weighted by atomic mass is 16.5. The minimum atomic E-state index is -0.446. The zero-order chi connectivity index (χ0) is 16.8. The van der Waals surface area contributed by atoms with Crippen LogP contribution in [-0.4, -0.2) is 22.9 Å². The summed E-state index contributed by atoms with van der Waals surface area (Å²) in [7, 11) is 0. The maximum atomic E-state index is 12.3. The van der Waals surface area contributed by atoms with Crippen molar-refractivity contribution >= 4 is 6.03 Å². The van der Waals surface area contributed by atoms with Crippen LogP contribution in [0.3, 0.4) is 0 Å². The summed E-state index contributed by atoms with van der Waals surface area (Å²) in [5.41, 5.74) is 2.54. The normalized spacial score (nSPS) is 13.4. The van der Waals surface area contributed by atoms with E-state index in [1.165, 1.54) is 0 Å². The number of benzene rings is 1. The molecule has 0 saturated heterocycles. The quantitative estimate of drug-likeness (QED) is 0.764. The maximum Gasteiger partial charge on any atom is 0.315 e. The third-order valence-electron chi connectivity index (χ3n) is 3.84.